The van der Waals surface area contributed by atoms with E-state index >= 15 is 0 Å². The molecule has 1 aliphatic rings. The lowest BCUT2D eigenvalue weighted by Gasteiger charge is -2.36. The van der Waals surface area contributed by atoms with E-state index in [-0.39, 0.29) is 6.04 Å². The van der Waals surface area contributed by atoms with Crippen LogP contribution in [0, 0.1) is 0 Å². The van der Waals surface area contributed by atoms with Crippen molar-refractivity contribution in [3.63, 3.8) is 0 Å². The van der Waals surface area contributed by atoms with Gasteiger partial charge in [0.05, 0.1) is 11.6 Å². The number of hydrogen-bond donors (Lipinski definition) is 1. The van der Waals surface area contributed by atoms with E-state index < -0.39 is 0 Å². The Morgan fingerprint density at radius 3 is 2.54 bits per heavy atom. The lowest BCUT2D eigenvalue weighted by Crippen LogP contribution is -2.45. The summed E-state index contributed by atoms with van der Waals surface area (Å²) in [6.45, 7) is 4.83. The van der Waals surface area contributed by atoms with Gasteiger partial charge in [-0.3, -0.25) is 0 Å². The summed E-state index contributed by atoms with van der Waals surface area (Å²) < 4.78 is 5.68. The second-order valence-electron chi connectivity index (χ2n) is 6.47. The molecule has 4 rings (SSSR count). The third kappa shape index (κ3) is 3.41. The molecule has 0 radical (unpaired) electrons. The van der Waals surface area contributed by atoms with Gasteiger partial charge >= 0.3 is 0 Å². The largest absolute Gasteiger partial charge is 0.351 e. The minimum absolute atomic E-state index is 0.198. The fraction of sp³-hybridized carbons (Fsp3) is 0.190. The molecule has 0 amide bonds. The molecule has 0 spiro atoms. The number of benzene rings is 2. The van der Waals surface area contributed by atoms with E-state index in [2.05, 4.69) is 22.4 Å². The zero-order chi connectivity index (χ0) is 19.7. The molecule has 0 saturated carbocycles. The molecule has 142 valence electrons. The van der Waals surface area contributed by atoms with Crippen LogP contribution in [0.15, 0.2) is 64.8 Å². The van der Waals surface area contributed by atoms with Gasteiger partial charge < -0.3 is 14.7 Å². The molecular formula is C21H19ClN4OS. The zero-order valence-corrected chi connectivity index (χ0v) is 17.1. The molecule has 1 atom stereocenters. The number of thiocarbonyl (C=S) groups is 1. The maximum atomic E-state index is 6.07. The van der Waals surface area contributed by atoms with Crippen molar-refractivity contribution in [3.8, 4) is 11.4 Å². The summed E-state index contributed by atoms with van der Waals surface area (Å²) in [7, 11) is 0. The van der Waals surface area contributed by atoms with Crippen molar-refractivity contribution in [2.24, 2.45) is 0 Å². The van der Waals surface area contributed by atoms with Crippen LogP contribution in [0.5, 0.6) is 0 Å². The molecule has 2 heterocycles. The smallest absolute Gasteiger partial charge is 0.258 e. The van der Waals surface area contributed by atoms with Crippen molar-refractivity contribution in [2.45, 2.75) is 19.9 Å². The van der Waals surface area contributed by atoms with Gasteiger partial charge in [-0.1, -0.05) is 59.2 Å². The summed E-state index contributed by atoms with van der Waals surface area (Å²) in [6, 6.07) is 17.3. The van der Waals surface area contributed by atoms with Crippen LogP contribution in [0.25, 0.3) is 17.0 Å². The van der Waals surface area contributed by atoms with Crippen LogP contribution in [-0.2, 0) is 0 Å². The number of rotatable bonds is 4. The molecule has 1 aliphatic heterocycles. The van der Waals surface area contributed by atoms with Gasteiger partial charge in [0.25, 0.3) is 5.89 Å². The Balaban J connectivity index is 1.82. The van der Waals surface area contributed by atoms with Gasteiger partial charge in [0.1, 0.15) is 0 Å². The van der Waals surface area contributed by atoms with E-state index in [0.717, 1.165) is 28.9 Å². The first-order valence-corrected chi connectivity index (χ1v) is 9.81. The van der Waals surface area contributed by atoms with Crippen molar-refractivity contribution in [1.29, 1.82) is 0 Å². The monoisotopic (exact) mass is 410 g/mol. The van der Waals surface area contributed by atoms with Crippen molar-refractivity contribution >= 4 is 34.5 Å². The number of aromatic nitrogens is 2. The highest BCUT2D eigenvalue weighted by molar-refractivity contribution is 7.80. The summed E-state index contributed by atoms with van der Waals surface area (Å²) in [4.78, 5) is 6.70. The van der Waals surface area contributed by atoms with Crippen LogP contribution in [-0.4, -0.2) is 26.7 Å². The molecule has 7 heteroatoms. The number of allylic oxidation sites excluding steroid dienone is 1. The first-order valence-electron chi connectivity index (χ1n) is 9.02. The second kappa shape index (κ2) is 7.73. The summed E-state index contributed by atoms with van der Waals surface area (Å²) in [6.07, 6.45) is 0. The predicted molar refractivity (Wildman–Crippen MR) is 115 cm³/mol. The number of nitrogens with one attached hydrogen (secondary N) is 1. The van der Waals surface area contributed by atoms with E-state index in [9.17, 15) is 0 Å². The SMILES string of the molecule is CCN1C(=S)N[C@H](c2ccc(Cl)cc2)C(c2nc(-c3ccccc3)no2)=C1C. The molecular weight excluding hydrogens is 392 g/mol. The number of nitrogens with zero attached hydrogens (tertiary/aromatic N) is 3. The normalized spacial score (nSPS) is 17.0. The minimum Gasteiger partial charge on any atom is -0.351 e. The Bertz CT molecular complexity index is 1030. The third-order valence-corrected chi connectivity index (χ3v) is 5.39. The number of halogens is 1. The fourth-order valence-corrected chi connectivity index (χ4v) is 3.89. The van der Waals surface area contributed by atoms with Gasteiger partial charge in [-0.25, -0.2) is 0 Å². The third-order valence-electron chi connectivity index (χ3n) is 4.80. The molecule has 0 bridgehead atoms. The van der Waals surface area contributed by atoms with E-state index in [1.165, 1.54) is 0 Å². The van der Waals surface area contributed by atoms with Crippen LogP contribution in [0.2, 0.25) is 5.02 Å². The van der Waals surface area contributed by atoms with Gasteiger partial charge in [0.15, 0.2) is 5.11 Å². The molecule has 0 unspecified atom stereocenters. The van der Waals surface area contributed by atoms with Gasteiger partial charge in [-0.05, 0) is 43.8 Å². The Labute approximate surface area is 174 Å². The molecule has 1 N–H and O–H groups in total. The van der Waals surface area contributed by atoms with Crippen LogP contribution in [0.4, 0.5) is 0 Å². The van der Waals surface area contributed by atoms with Gasteiger partial charge in [0, 0.05) is 22.8 Å². The summed E-state index contributed by atoms with van der Waals surface area (Å²) in [5, 5.41) is 8.95. The molecule has 5 nitrogen and oxygen atoms in total. The zero-order valence-electron chi connectivity index (χ0n) is 15.5. The van der Waals surface area contributed by atoms with Crippen molar-refractivity contribution in [3.05, 3.63) is 76.8 Å². The maximum absolute atomic E-state index is 6.07. The Kier molecular flexibility index (Phi) is 5.15. The Hall–Kier alpha value is -2.70. The second-order valence-corrected chi connectivity index (χ2v) is 7.29. The molecule has 0 aliphatic carbocycles. The minimum atomic E-state index is -0.198. The lowest BCUT2D eigenvalue weighted by atomic mass is 9.95. The maximum Gasteiger partial charge on any atom is 0.258 e. The average Bonchev–Trinajstić information content (AvgIpc) is 3.19. The van der Waals surface area contributed by atoms with Crippen LogP contribution < -0.4 is 5.32 Å². The van der Waals surface area contributed by atoms with E-state index in [4.69, 9.17) is 28.3 Å². The molecule has 1 aromatic heterocycles. The highest BCUT2D eigenvalue weighted by Gasteiger charge is 2.33. The van der Waals surface area contributed by atoms with Crippen molar-refractivity contribution < 1.29 is 4.52 Å². The van der Waals surface area contributed by atoms with Gasteiger partial charge in [-0.15, -0.1) is 0 Å². The lowest BCUT2D eigenvalue weighted by molar-refractivity contribution is 0.398. The van der Waals surface area contributed by atoms with Crippen LogP contribution >= 0.6 is 23.8 Å². The first kappa shape index (κ1) is 18.7. The van der Waals surface area contributed by atoms with E-state index in [1.807, 2.05) is 66.4 Å². The van der Waals surface area contributed by atoms with Crippen molar-refractivity contribution in [2.75, 3.05) is 6.54 Å². The molecule has 2 aromatic carbocycles. The van der Waals surface area contributed by atoms with Crippen molar-refractivity contribution in [1.82, 2.24) is 20.4 Å². The van der Waals surface area contributed by atoms with Crippen LogP contribution in [0.3, 0.4) is 0 Å². The van der Waals surface area contributed by atoms with Gasteiger partial charge in [0.2, 0.25) is 5.82 Å². The summed E-state index contributed by atoms with van der Waals surface area (Å²) in [5.41, 5.74) is 3.84. The van der Waals surface area contributed by atoms with Crippen LogP contribution in [0.1, 0.15) is 31.3 Å². The molecule has 0 fully saturated rings. The Morgan fingerprint density at radius 2 is 1.86 bits per heavy atom. The topological polar surface area (TPSA) is 54.2 Å². The van der Waals surface area contributed by atoms with E-state index in [1.54, 1.807) is 0 Å². The highest BCUT2D eigenvalue weighted by atomic mass is 35.5. The molecule has 3 aromatic rings. The van der Waals surface area contributed by atoms with E-state index in [0.29, 0.717) is 21.9 Å². The fourth-order valence-electron chi connectivity index (χ4n) is 3.38. The quantitative estimate of drug-likeness (QED) is 0.606. The highest BCUT2D eigenvalue weighted by Crippen LogP contribution is 2.37. The standard InChI is InChI=1S/C21H19ClN4OS/c1-3-26-13(2)17(18(23-21(26)28)14-9-11-16(22)12-10-14)20-24-19(25-27-20)15-7-5-4-6-8-15/h4-12,18H,3H2,1-2H3,(H,23,28)/t18-/m1/s1. The average molecular weight is 411 g/mol. The molecule has 28 heavy (non-hydrogen) atoms. The number of hydrogen-bond acceptors (Lipinski definition) is 4. The summed E-state index contributed by atoms with van der Waals surface area (Å²) >= 11 is 11.6. The summed E-state index contributed by atoms with van der Waals surface area (Å²) in [5.74, 6) is 1.03. The van der Waals surface area contributed by atoms with Gasteiger partial charge in [-0.2, -0.15) is 4.98 Å². The Morgan fingerprint density at radius 1 is 1.14 bits per heavy atom. The predicted octanol–water partition coefficient (Wildman–Crippen LogP) is 5.07. The first-order chi connectivity index (χ1) is 13.6. The molecule has 0 saturated heterocycles.